The number of hydrogen-bond donors (Lipinski definition) is 3. The van der Waals surface area contributed by atoms with Crippen LogP contribution in [0.3, 0.4) is 0 Å². The van der Waals surface area contributed by atoms with Crippen LogP contribution in [0.5, 0.6) is 0 Å². The first-order valence-electron chi connectivity index (χ1n) is 8.76. The predicted molar refractivity (Wildman–Crippen MR) is 105 cm³/mol. The maximum Gasteiger partial charge on any atom is 0.255 e. The van der Waals surface area contributed by atoms with Crippen LogP contribution < -0.4 is 16.0 Å². The molecule has 7 heteroatoms. The second kappa shape index (κ2) is 10.0. The van der Waals surface area contributed by atoms with Gasteiger partial charge in [0.05, 0.1) is 0 Å². The quantitative estimate of drug-likeness (QED) is 0.733. The highest BCUT2D eigenvalue weighted by molar-refractivity contribution is 6.04. The Morgan fingerprint density at radius 3 is 2.56 bits per heavy atom. The van der Waals surface area contributed by atoms with Gasteiger partial charge in [0.15, 0.2) is 0 Å². The maximum atomic E-state index is 13.2. The van der Waals surface area contributed by atoms with Crippen molar-refractivity contribution in [3.8, 4) is 0 Å². The van der Waals surface area contributed by atoms with Gasteiger partial charge in [0, 0.05) is 23.7 Å². The first-order chi connectivity index (χ1) is 12.6. The molecule has 1 aliphatic heterocycles. The first kappa shape index (κ1) is 20.9. The van der Waals surface area contributed by atoms with E-state index >= 15 is 0 Å². The average Bonchev–Trinajstić information content (AvgIpc) is 2.67. The normalized spacial score (nSPS) is 14.1. The molecule has 144 valence electrons. The molecule has 27 heavy (non-hydrogen) atoms. The third kappa shape index (κ3) is 6.05. The molecule has 0 unspecified atom stereocenters. The van der Waals surface area contributed by atoms with Crippen molar-refractivity contribution in [2.45, 2.75) is 19.4 Å². The van der Waals surface area contributed by atoms with Crippen LogP contribution in [0.2, 0.25) is 0 Å². The number of benzene rings is 2. The monoisotopic (exact) mass is 391 g/mol. The lowest BCUT2D eigenvalue weighted by molar-refractivity contribution is -0.125. The first-order valence-corrected chi connectivity index (χ1v) is 8.76. The van der Waals surface area contributed by atoms with Crippen molar-refractivity contribution in [3.05, 3.63) is 65.5 Å². The molecule has 2 aromatic carbocycles. The zero-order chi connectivity index (χ0) is 18.4. The second-order valence-corrected chi connectivity index (χ2v) is 6.41. The van der Waals surface area contributed by atoms with E-state index in [1.165, 1.54) is 18.2 Å². The Bertz CT molecular complexity index is 794. The summed E-state index contributed by atoms with van der Waals surface area (Å²) in [4.78, 5) is 24.4. The van der Waals surface area contributed by atoms with Crippen LogP contribution in [0.1, 0.15) is 28.8 Å². The lowest BCUT2D eigenvalue weighted by Gasteiger charge is -2.21. The van der Waals surface area contributed by atoms with E-state index in [1.54, 1.807) is 18.2 Å². The van der Waals surface area contributed by atoms with Gasteiger partial charge in [-0.2, -0.15) is 0 Å². The topological polar surface area (TPSA) is 70.2 Å². The largest absolute Gasteiger partial charge is 0.352 e. The Morgan fingerprint density at radius 1 is 1.07 bits per heavy atom. The van der Waals surface area contributed by atoms with Crippen LogP contribution >= 0.6 is 12.4 Å². The minimum atomic E-state index is -0.452. The number of piperidine rings is 1. The lowest BCUT2D eigenvalue weighted by Crippen LogP contribution is -2.37. The molecule has 1 fully saturated rings. The van der Waals surface area contributed by atoms with Crippen LogP contribution in [-0.2, 0) is 11.3 Å². The Labute approximate surface area is 164 Å². The van der Waals surface area contributed by atoms with E-state index in [4.69, 9.17) is 0 Å². The highest BCUT2D eigenvalue weighted by atomic mass is 35.5. The van der Waals surface area contributed by atoms with Crippen LogP contribution in [0.15, 0.2) is 48.5 Å². The molecule has 1 aliphatic rings. The van der Waals surface area contributed by atoms with Gasteiger partial charge in [0.1, 0.15) is 5.82 Å². The summed E-state index contributed by atoms with van der Waals surface area (Å²) in [5.74, 6) is -0.694. The Kier molecular flexibility index (Phi) is 7.76. The highest BCUT2D eigenvalue weighted by Crippen LogP contribution is 2.15. The molecular formula is C20H23ClFN3O2. The van der Waals surface area contributed by atoms with E-state index in [0.717, 1.165) is 31.5 Å². The van der Waals surface area contributed by atoms with Gasteiger partial charge in [0.25, 0.3) is 5.91 Å². The fourth-order valence-corrected chi connectivity index (χ4v) is 3.01. The van der Waals surface area contributed by atoms with Gasteiger partial charge < -0.3 is 16.0 Å². The molecule has 0 bridgehead atoms. The van der Waals surface area contributed by atoms with Crippen molar-refractivity contribution in [1.82, 2.24) is 10.6 Å². The standard InChI is InChI=1S/C20H22FN3O2.ClH/c21-17-5-2-4-16(12-17)20(26)24-18-6-1-3-14(11-18)13-23-19(25)15-7-9-22-10-8-15;/h1-6,11-12,15,22H,7-10,13H2,(H,23,25)(H,24,26);1H. The Hall–Kier alpha value is -2.44. The van der Waals surface area contributed by atoms with Crippen molar-refractivity contribution in [2.75, 3.05) is 18.4 Å². The van der Waals surface area contributed by atoms with Crippen molar-refractivity contribution >= 4 is 29.9 Å². The number of rotatable bonds is 5. The molecule has 0 atom stereocenters. The fourth-order valence-electron chi connectivity index (χ4n) is 3.01. The maximum absolute atomic E-state index is 13.2. The van der Waals surface area contributed by atoms with E-state index < -0.39 is 5.82 Å². The summed E-state index contributed by atoms with van der Waals surface area (Å²) < 4.78 is 13.2. The average molecular weight is 392 g/mol. The summed E-state index contributed by atoms with van der Waals surface area (Å²) in [5, 5.41) is 8.95. The van der Waals surface area contributed by atoms with Gasteiger partial charge in [0.2, 0.25) is 5.91 Å². The van der Waals surface area contributed by atoms with Gasteiger partial charge in [-0.1, -0.05) is 18.2 Å². The molecule has 1 saturated heterocycles. The molecule has 2 aromatic rings. The van der Waals surface area contributed by atoms with Crippen molar-refractivity contribution < 1.29 is 14.0 Å². The summed E-state index contributed by atoms with van der Waals surface area (Å²) >= 11 is 0. The smallest absolute Gasteiger partial charge is 0.255 e. The highest BCUT2D eigenvalue weighted by Gasteiger charge is 2.20. The van der Waals surface area contributed by atoms with Crippen molar-refractivity contribution in [1.29, 1.82) is 0 Å². The summed E-state index contributed by atoms with van der Waals surface area (Å²) in [6, 6.07) is 12.8. The molecule has 3 N–H and O–H groups in total. The lowest BCUT2D eigenvalue weighted by atomic mass is 9.97. The summed E-state index contributed by atoms with van der Waals surface area (Å²) in [7, 11) is 0. The SMILES string of the molecule is Cl.O=C(Nc1cccc(CNC(=O)C2CCNCC2)c1)c1cccc(F)c1. The molecule has 5 nitrogen and oxygen atoms in total. The van der Waals surface area contributed by atoms with Crippen LogP contribution in [0.25, 0.3) is 0 Å². The molecule has 0 spiro atoms. The van der Waals surface area contributed by atoms with Gasteiger partial charge >= 0.3 is 0 Å². The second-order valence-electron chi connectivity index (χ2n) is 6.41. The third-order valence-electron chi connectivity index (χ3n) is 4.45. The zero-order valence-corrected chi connectivity index (χ0v) is 15.7. The van der Waals surface area contributed by atoms with E-state index in [-0.39, 0.29) is 35.7 Å². The van der Waals surface area contributed by atoms with Gasteiger partial charge in [-0.05, 0) is 61.8 Å². The van der Waals surface area contributed by atoms with Gasteiger partial charge in [-0.15, -0.1) is 12.4 Å². The van der Waals surface area contributed by atoms with Crippen LogP contribution in [0, 0.1) is 11.7 Å². The van der Waals surface area contributed by atoms with E-state index in [9.17, 15) is 14.0 Å². The molecule has 2 amide bonds. The molecular weight excluding hydrogens is 369 g/mol. The van der Waals surface area contributed by atoms with E-state index in [2.05, 4.69) is 16.0 Å². The molecule has 0 saturated carbocycles. The minimum absolute atomic E-state index is 0. The van der Waals surface area contributed by atoms with Gasteiger partial charge in [-0.25, -0.2) is 4.39 Å². The minimum Gasteiger partial charge on any atom is -0.352 e. The number of hydrogen-bond acceptors (Lipinski definition) is 3. The third-order valence-corrected chi connectivity index (χ3v) is 4.45. The van der Waals surface area contributed by atoms with Crippen LogP contribution in [0.4, 0.5) is 10.1 Å². The number of amides is 2. The summed E-state index contributed by atoms with van der Waals surface area (Å²) in [5.41, 5.74) is 1.76. The number of halogens is 2. The predicted octanol–water partition coefficient (Wildman–Crippen LogP) is 3.12. The zero-order valence-electron chi connectivity index (χ0n) is 14.8. The summed E-state index contributed by atoms with van der Waals surface area (Å²) in [6.07, 6.45) is 1.71. The molecule has 3 rings (SSSR count). The molecule has 1 heterocycles. The number of nitrogens with one attached hydrogen (secondary N) is 3. The van der Waals surface area contributed by atoms with Crippen molar-refractivity contribution in [3.63, 3.8) is 0 Å². The van der Waals surface area contributed by atoms with E-state index in [0.29, 0.717) is 12.2 Å². The molecule has 0 aliphatic carbocycles. The molecule has 0 aromatic heterocycles. The fraction of sp³-hybridized carbons (Fsp3) is 0.300. The molecule has 0 radical (unpaired) electrons. The number of anilines is 1. The number of carbonyl (C=O) groups is 2. The Balaban J connectivity index is 0.00000261. The Morgan fingerprint density at radius 2 is 1.81 bits per heavy atom. The van der Waals surface area contributed by atoms with E-state index in [1.807, 2.05) is 12.1 Å². The number of carbonyl (C=O) groups excluding carboxylic acids is 2. The van der Waals surface area contributed by atoms with Gasteiger partial charge in [-0.3, -0.25) is 9.59 Å². The van der Waals surface area contributed by atoms with Crippen LogP contribution in [-0.4, -0.2) is 24.9 Å². The van der Waals surface area contributed by atoms with Crippen molar-refractivity contribution in [2.24, 2.45) is 5.92 Å². The summed E-state index contributed by atoms with van der Waals surface area (Å²) in [6.45, 7) is 2.16.